The summed E-state index contributed by atoms with van der Waals surface area (Å²) in [6, 6.07) is -0.725. The van der Waals surface area contributed by atoms with E-state index in [1.807, 2.05) is 0 Å². The Balaban J connectivity index is 2.01. The molecule has 0 spiro atoms. The van der Waals surface area contributed by atoms with Crippen LogP contribution in [0.4, 0.5) is 0 Å². The molecule has 0 aromatic carbocycles. The van der Waals surface area contributed by atoms with Gasteiger partial charge in [0.15, 0.2) is 0 Å². The SMILES string of the molecule is CN1C(=O)CCC(NC(=O)C2CCCCC2C(=O)O)C1=O. The summed E-state index contributed by atoms with van der Waals surface area (Å²) in [4.78, 5) is 47.9. The number of nitrogens with one attached hydrogen (secondary N) is 1. The van der Waals surface area contributed by atoms with Crippen LogP contribution in [0, 0.1) is 11.8 Å². The molecule has 7 heteroatoms. The molecule has 3 amide bonds. The van der Waals surface area contributed by atoms with Crippen LogP contribution in [0.25, 0.3) is 0 Å². The van der Waals surface area contributed by atoms with Gasteiger partial charge in [-0.15, -0.1) is 0 Å². The van der Waals surface area contributed by atoms with Crippen LogP contribution in [-0.4, -0.2) is 46.8 Å². The van der Waals surface area contributed by atoms with Crippen molar-refractivity contribution in [2.45, 2.75) is 44.6 Å². The normalized spacial score (nSPS) is 30.1. The zero-order valence-corrected chi connectivity index (χ0v) is 12.0. The van der Waals surface area contributed by atoms with Crippen molar-refractivity contribution in [1.29, 1.82) is 0 Å². The van der Waals surface area contributed by atoms with Crippen molar-refractivity contribution in [2.75, 3.05) is 7.05 Å². The Bertz CT molecular complexity index is 476. The van der Waals surface area contributed by atoms with Gasteiger partial charge in [0.25, 0.3) is 5.91 Å². The van der Waals surface area contributed by atoms with Crippen molar-refractivity contribution in [3.05, 3.63) is 0 Å². The van der Waals surface area contributed by atoms with Gasteiger partial charge in [0, 0.05) is 13.5 Å². The number of carboxylic acid groups (broad SMARTS) is 1. The van der Waals surface area contributed by atoms with E-state index in [2.05, 4.69) is 5.32 Å². The molecule has 116 valence electrons. The standard InChI is InChI=1S/C14H20N2O5/c1-16-11(17)7-6-10(13(16)19)15-12(18)8-4-2-3-5-9(8)14(20)21/h8-10H,2-7H2,1H3,(H,15,18)(H,20,21). The molecule has 3 atom stereocenters. The summed E-state index contributed by atoms with van der Waals surface area (Å²) >= 11 is 0. The predicted molar refractivity (Wildman–Crippen MR) is 72.0 cm³/mol. The predicted octanol–water partition coefficient (Wildman–Crippen LogP) is 0.141. The van der Waals surface area contributed by atoms with Crippen LogP contribution in [0.5, 0.6) is 0 Å². The largest absolute Gasteiger partial charge is 0.481 e. The fourth-order valence-corrected chi connectivity index (χ4v) is 3.07. The van der Waals surface area contributed by atoms with Gasteiger partial charge in [0.05, 0.1) is 11.8 Å². The topological polar surface area (TPSA) is 104 Å². The summed E-state index contributed by atoms with van der Waals surface area (Å²) in [7, 11) is 1.39. The van der Waals surface area contributed by atoms with Gasteiger partial charge in [-0.3, -0.25) is 24.1 Å². The molecule has 1 heterocycles. The van der Waals surface area contributed by atoms with Gasteiger partial charge in [-0.05, 0) is 19.3 Å². The molecule has 21 heavy (non-hydrogen) atoms. The average molecular weight is 296 g/mol. The van der Waals surface area contributed by atoms with E-state index in [1.165, 1.54) is 7.05 Å². The summed E-state index contributed by atoms with van der Waals surface area (Å²) in [6.45, 7) is 0. The zero-order valence-electron chi connectivity index (χ0n) is 12.0. The fourth-order valence-electron chi connectivity index (χ4n) is 3.07. The van der Waals surface area contributed by atoms with Crippen molar-refractivity contribution in [1.82, 2.24) is 10.2 Å². The third-order valence-electron chi connectivity index (χ3n) is 4.39. The molecule has 3 unspecified atom stereocenters. The van der Waals surface area contributed by atoms with Crippen LogP contribution >= 0.6 is 0 Å². The molecule has 2 aliphatic rings. The Labute approximate surface area is 122 Å². The summed E-state index contributed by atoms with van der Waals surface area (Å²) < 4.78 is 0. The number of likely N-dealkylation sites (tertiary alicyclic amines) is 1. The Hall–Kier alpha value is -1.92. The lowest BCUT2D eigenvalue weighted by Crippen LogP contribution is -2.54. The number of carbonyl (C=O) groups excluding carboxylic acids is 3. The number of carboxylic acids is 1. The highest BCUT2D eigenvalue weighted by Crippen LogP contribution is 2.30. The van der Waals surface area contributed by atoms with Gasteiger partial charge in [-0.1, -0.05) is 12.8 Å². The molecule has 0 bridgehead atoms. The minimum atomic E-state index is -0.961. The van der Waals surface area contributed by atoms with E-state index in [1.54, 1.807) is 0 Å². The minimum absolute atomic E-state index is 0.209. The van der Waals surface area contributed by atoms with Crippen LogP contribution in [0.15, 0.2) is 0 Å². The lowest BCUT2D eigenvalue weighted by molar-refractivity contribution is -0.151. The number of carbonyl (C=O) groups is 4. The van der Waals surface area contributed by atoms with Crippen LogP contribution in [0.3, 0.4) is 0 Å². The number of imide groups is 1. The van der Waals surface area contributed by atoms with E-state index in [0.29, 0.717) is 12.8 Å². The number of hydrogen-bond donors (Lipinski definition) is 2. The summed E-state index contributed by atoms with van der Waals surface area (Å²) in [5.41, 5.74) is 0. The van der Waals surface area contributed by atoms with Gasteiger partial charge in [0.2, 0.25) is 11.8 Å². The first-order valence-corrected chi connectivity index (χ1v) is 7.25. The van der Waals surface area contributed by atoms with E-state index >= 15 is 0 Å². The van der Waals surface area contributed by atoms with Crippen LogP contribution in [-0.2, 0) is 19.2 Å². The quantitative estimate of drug-likeness (QED) is 0.721. The van der Waals surface area contributed by atoms with Crippen molar-refractivity contribution in [3.8, 4) is 0 Å². The van der Waals surface area contributed by atoms with E-state index in [9.17, 15) is 24.3 Å². The van der Waals surface area contributed by atoms with Crippen molar-refractivity contribution < 1.29 is 24.3 Å². The number of likely N-dealkylation sites (N-methyl/N-ethyl adjacent to an activating group) is 1. The highest BCUT2D eigenvalue weighted by atomic mass is 16.4. The smallest absolute Gasteiger partial charge is 0.307 e. The van der Waals surface area contributed by atoms with E-state index in [4.69, 9.17) is 0 Å². The molecule has 1 saturated heterocycles. The Kier molecular flexibility index (Phi) is 4.59. The molecular formula is C14H20N2O5. The molecule has 2 fully saturated rings. The minimum Gasteiger partial charge on any atom is -0.481 e. The molecule has 2 rings (SSSR count). The summed E-state index contributed by atoms with van der Waals surface area (Å²) in [6.07, 6.45) is 3.13. The van der Waals surface area contributed by atoms with Gasteiger partial charge < -0.3 is 10.4 Å². The van der Waals surface area contributed by atoms with Gasteiger partial charge in [-0.25, -0.2) is 0 Å². The number of amides is 3. The van der Waals surface area contributed by atoms with Crippen LogP contribution in [0.2, 0.25) is 0 Å². The van der Waals surface area contributed by atoms with E-state index in [0.717, 1.165) is 17.7 Å². The van der Waals surface area contributed by atoms with Gasteiger partial charge in [-0.2, -0.15) is 0 Å². The molecule has 1 aliphatic carbocycles. The third-order valence-corrected chi connectivity index (χ3v) is 4.39. The first-order valence-electron chi connectivity index (χ1n) is 7.25. The lowest BCUT2D eigenvalue weighted by Gasteiger charge is -2.32. The Morgan fingerprint density at radius 1 is 1.14 bits per heavy atom. The molecule has 2 N–H and O–H groups in total. The summed E-state index contributed by atoms with van der Waals surface area (Å²) in [5, 5.41) is 11.8. The second-order valence-corrected chi connectivity index (χ2v) is 5.73. The first-order chi connectivity index (χ1) is 9.91. The molecular weight excluding hydrogens is 276 g/mol. The molecule has 1 saturated carbocycles. The zero-order chi connectivity index (χ0) is 15.6. The molecule has 0 aromatic rings. The molecule has 0 aromatic heterocycles. The number of piperidine rings is 1. The lowest BCUT2D eigenvalue weighted by atomic mass is 9.78. The highest BCUT2D eigenvalue weighted by Gasteiger charge is 2.39. The van der Waals surface area contributed by atoms with Crippen LogP contribution in [0.1, 0.15) is 38.5 Å². The van der Waals surface area contributed by atoms with Crippen molar-refractivity contribution >= 4 is 23.7 Å². The highest BCUT2D eigenvalue weighted by molar-refractivity contribution is 6.01. The fraction of sp³-hybridized carbons (Fsp3) is 0.714. The first kappa shape index (κ1) is 15.5. The van der Waals surface area contributed by atoms with Crippen molar-refractivity contribution in [3.63, 3.8) is 0 Å². The number of rotatable bonds is 3. The van der Waals surface area contributed by atoms with Crippen molar-refractivity contribution in [2.24, 2.45) is 11.8 Å². The maximum absolute atomic E-state index is 12.3. The monoisotopic (exact) mass is 296 g/mol. The number of nitrogens with zero attached hydrogens (tertiary/aromatic N) is 1. The Morgan fingerprint density at radius 2 is 1.76 bits per heavy atom. The third kappa shape index (κ3) is 3.22. The number of aliphatic carboxylic acids is 1. The second kappa shape index (κ2) is 6.24. The number of hydrogen-bond acceptors (Lipinski definition) is 4. The molecule has 0 radical (unpaired) electrons. The second-order valence-electron chi connectivity index (χ2n) is 5.73. The van der Waals surface area contributed by atoms with E-state index in [-0.39, 0.29) is 24.7 Å². The van der Waals surface area contributed by atoms with E-state index < -0.39 is 29.8 Å². The maximum Gasteiger partial charge on any atom is 0.307 e. The van der Waals surface area contributed by atoms with Crippen LogP contribution < -0.4 is 5.32 Å². The Morgan fingerprint density at radius 3 is 2.38 bits per heavy atom. The molecule has 1 aliphatic heterocycles. The molecule has 7 nitrogen and oxygen atoms in total. The maximum atomic E-state index is 12.3. The average Bonchev–Trinajstić information content (AvgIpc) is 2.47. The van der Waals surface area contributed by atoms with Gasteiger partial charge >= 0.3 is 5.97 Å². The van der Waals surface area contributed by atoms with Gasteiger partial charge in [0.1, 0.15) is 6.04 Å². The summed E-state index contributed by atoms with van der Waals surface area (Å²) in [5.74, 6) is -3.31.